The number of aryl methyl sites for hydroxylation is 3. The van der Waals surface area contributed by atoms with Crippen molar-refractivity contribution in [2.75, 3.05) is 0 Å². The van der Waals surface area contributed by atoms with Crippen molar-refractivity contribution in [1.29, 1.82) is 0 Å². The number of rotatable bonds is 13. The van der Waals surface area contributed by atoms with Gasteiger partial charge in [-0.05, 0) is 54.2 Å². The summed E-state index contributed by atoms with van der Waals surface area (Å²) in [5, 5.41) is 13.1. The number of hydrogen-bond acceptors (Lipinski definition) is 8. The van der Waals surface area contributed by atoms with E-state index in [9.17, 15) is 24.3 Å². The zero-order chi connectivity index (χ0) is 35.3. The summed E-state index contributed by atoms with van der Waals surface area (Å²) in [5.74, 6) is -3.38. The van der Waals surface area contributed by atoms with Gasteiger partial charge >= 0.3 is 23.9 Å². The zero-order valence-electron chi connectivity index (χ0n) is 27.6. The number of aromatic nitrogens is 3. The van der Waals surface area contributed by atoms with E-state index in [1.54, 1.807) is 0 Å². The van der Waals surface area contributed by atoms with E-state index in [1.165, 1.54) is 0 Å². The second-order valence-corrected chi connectivity index (χ2v) is 12.6. The first-order chi connectivity index (χ1) is 24.8. The molecule has 262 valence electrons. The molecule has 1 unspecified atom stereocenters. The van der Waals surface area contributed by atoms with Crippen molar-refractivity contribution in [2.24, 2.45) is 0 Å². The minimum atomic E-state index is -1.76. The van der Waals surface area contributed by atoms with Crippen LogP contribution in [0.5, 0.6) is 0 Å². The molecule has 4 atom stereocenters. The summed E-state index contributed by atoms with van der Waals surface area (Å²) in [5.41, 5.74) is 5.55. The first-order valence-corrected chi connectivity index (χ1v) is 16.9. The van der Waals surface area contributed by atoms with E-state index < -0.39 is 48.5 Å². The molecule has 3 aromatic carbocycles. The second kappa shape index (κ2) is 14.9. The molecule has 1 saturated heterocycles. The molecule has 3 aromatic heterocycles. The largest absolute Gasteiger partial charge is 0.479 e. The van der Waals surface area contributed by atoms with E-state index in [0.717, 1.165) is 49.4 Å². The second-order valence-electron chi connectivity index (χ2n) is 12.6. The van der Waals surface area contributed by atoms with Crippen molar-refractivity contribution >= 4 is 56.6 Å². The van der Waals surface area contributed by atoms with Gasteiger partial charge in [0.05, 0.1) is 6.42 Å². The Morgan fingerprint density at radius 2 is 1.02 bits per heavy atom. The predicted octanol–water partition coefficient (Wildman–Crippen LogP) is 5.90. The molecule has 0 radical (unpaired) electrons. The average Bonchev–Trinajstić information content (AvgIpc) is 3.87. The maximum atomic E-state index is 13.3. The van der Waals surface area contributed by atoms with Gasteiger partial charge in [-0.15, -0.1) is 0 Å². The van der Waals surface area contributed by atoms with Crippen LogP contribution in [0.4, 0.5) is 0 Å². The van der Waals surface area contributed by atoms with Crippen LogP contribution in [-0.2, 0) is 57.4 Å². The number of carbonyl (C=O) groups is 4. The molecule has 7 rings (SSSR count). The normalized spacial score (nSPS) is 18.9. The van der Waals surface area contributed by atoms with Crippen LogP contribution in [-0.4, -0.2) is 68.5 Å². The monoisotopic (exact) mass is 691 g/mol. The first-order valence-electron chi connectivity index (χ1n) is 16.9. The van der Waals surface area contributed by atoms with Gasteiger partial charge in [0.25, 0.3) is 0 Å². The highest BCUT2D eigenvalue weighted by atomic mass is 16.7. The summed E-state index contributed by atoms with van der Waals surface area (Å²) >= 11 is 0. The Labute approximate surface area is 292 Å². The van der Waals surface area contributed by atoms with E-state index in [2.05, 4.69) is 15.0 Å². The molecule has 12 heteroatoms. The number of benzene rings is 3. The van der Waals surface area contributed by atoms with Crippen LogP contribution < -0.4 is 0 Å². The number of ether oxygens (including phenoxy) is 4. The van der Waals surface area contributed by atoms with Crippen molar-refractivity contribution in [2.45, 2.75) is 69.5 Å². The maximum Gasteiger partial charge on any atom is 0.337 e. The minimum Gasteiger partial charge on any atom is -0.479 e. The summed E-state index contributed by atoms with van der Waals surface area (Å²) < 4.78 is 22.8. The van der Waals surface area contributed by atoms with Crippen molar-refractivity contribution in [3.63, 3.8) is 0 Å². The number of aliphatic carboxylic acids is 1. The maximum absolute atomic E-state index is 13.3. The fourth-order valence-corrected chi connectivity index (χ4v) is 6.71. The van der Waals surface area contributed by atoms with Crippen LogP contribution in [0.2, 0.25) is 0 Å². The Morgan fingerprint density at radius 1 is 0.608 bits per heavy atom. The smallest absolute Gasteiger partial charge is 0.337 e. The SMILES string of the molecule is O=C(CCc1c[nH]c2ccccc12)OC1C[C@@H](OC(=O)CCc2c[nH]c3ccccc23)[C@H](OC(=O)CCc2c[nH]c3ccccc23)[C@@H](C(=O)O)O1. The standard InChI is InChI=1S/C39H37N3O9/c43-33(16-13-23-20-40-29-10-4-1-7-26(23)29)48-32-19-36(49-34(44)17-14-24-21-41-30-11-5-2-8-27(24)30)51-38(39(46)47)37(32)50-35(45)18-15-25-22-42-31-12-6-3-9-28(25)31/h1-12,20-22,32,36-38,40-42H,13-19H2,(H,46,47)/t32-,36?,37+,38+/m1/s1. The zero-order valence-corrected chi connectivity index (χ0v) is 27.6. The van der Waals surface area contributed by atoms with Crippen LogP contribution in [0, 0.1) is 0 Å². The number of H-pyrrole nitrogens is 3. The van der Waals surface area contributed by atoms with E-state index in [0.29, 0.717) is 19.3 Å². The Kier molecular flexibility index (Phi) is 9.84. The summed E-state index contributed by atoms with van der Waals surface area (Å²) in [4.78, 5) is 61.4. The van der Waals surface area contributed by atoms with Gasteiger partial charge in [-0.3, -0.25) is 14.4 Å². The molecule has 1 fully saturated rings. The third-order valence-electron chi connectivity index (χ3n) is 9.26. The summed E-state index contributed by atoms with van der Waals surface area (Å²) in [6.07, 6.45) is 0.412. The number of fused-ring (bicyclic) bond motifs is 3. The van der Waals surface area contributed by atoms with Gasteiger partial charge in [0.1, 0.15) is 6.10 Å². The first kappa shape index (κ1) is 33.6. The molecule has 51 heavy (non-hydrogen) atoms. The lowest BCUT2D eigenvalue weighted by atomic mass is 10.00. The van der Waals surface area contributed by atoms with E-state index in [-0.39, 0.29) is 25.7 Å². The van der Waals surface area contributed by atoms with Crippen LogP contribution in [0.25, 0.3) is 32.7 Å². The molecule has 0 amide bonds. The number of aromatic amines is 3. The number of carboxylic acids is 1. The fraction of sp³-hybridized carbons (Fsp3) is 0.282. The fourth-order valence-electron chi connectivity index (χ4n) is 6.71. The predicted molar refractivity (Wildman–Crippen MR) is 187 cm³/mol. The number of hydrogen-bond donors (Lipinski definition) is 4. The molecule has 0 aliphatic carbocycles. The van der Waals surface area contributed by atoms with Crippen LogP contribution in [0.3, 0.4) is 0 Å². The van der Waals surface area contributed by atoms with Gasteiger partial charge in [-0.1, -0.05) is 54.6 Å². The lowest BCUT2D eigenvalue weighted by Gasteiger charge is -2.38. The topological polar surface area (TPSA) is 173 Å². The third-order valence-corrected chi connectivity index (χ3v) is 9.26. The highest BCUT2D eigenvalue weighted by Gasteiger charge is 2.48. The van der Waals surface area contributed by atoms with Crippen LogP contribution in [0.15, 0.2) is 91.4 Å². The Balaban J connectivity index is 1.03. The quantitative estimate of drug-likeness (QED) is 0.0850. The van der Waals surface area contributed by atoms with E-state index >= 15 is 0 Å². The number of para-hydroxylation sites is 3. The highest BCUT2D eigenvalue weighted by Crippen LogP contribution is 2.29. The number of nitrogens with one attached hydrogen (secondary N) is 3. The summed E-state index contributed by atoms with van der Waals surface area (Å²) in [7, 11) is 0. The summed E-state index contributed by atoms with van der Waals surface area (Å²) in [6.45, 7) is 0. The molecule has 4 heterocycles. The molecule has 6 aromatic rings. The van der Waals surface area contributed by atoms with Gasteiger partial charge < -0.3 is 39.0 Å². The van der Waals surface area contributed by atoms with Crippen molar-refractivity contribution < 1.29 is 43.2 Å². The molecule has 12 nitrogen and oxygen atoms in total. The number of carboxylic acid groups (broad SMARTS) is 1. The molecule has 1 aliphatic heterocycles. The van der Waals surface area contributed by atoms with Gasteiger partial charge in [0, 0.05) is 70.6 Å². The molecule has 0 spiro atoms. The van der Waals surface area contributed by atoms with Gasteiger partial charge in [0.2, 0.25) is 6.29 Å². The van der Waals surface area contributed by atoms with E-state index in [4.69, 9.17) is 18.9 Å². The number of esters is 3. The third kappa shape index (κ3) is 7.65. The Morgan fingerprint density at radius 3 is 1.47 bits per heavy atom. The lowest BCUT2D eigenvalue weighted by molar-refractivity contribution is -0.256. The van der Waals surface area contributed by atoms with Gasteiger partial charge in [0.15, 0.2) is 12.2 Å². The molecule has 1 aliphatic rings. The molecule has 0 saturated carbocycles. The molecular weight excluding hydrogens is 654 g/mol. The minimum absolute atomic E-state index is 0.000766. The van der Waals surface area contributed by atoms with Crippen molar-refractivity contribution in [3.8, 4) is 0 Å². The molecule has 0 bridgehead atoms. The lowest BCUT2D eigenvalue weighted by Crippen LogP contribution is -2.55. The van der Waals surface area contributed by atoms with Crippen LogP contribution >= 0.6 is 0 Å². The highest BCUT2D eigenvalue weighted by molar-refractivity contribution is 5.85. The van der Waals surface area contributed by atoms with Crippen LogP contribution in [0.1, 0.15) is 42.4 Å². The van der Waals surface area contributed by atoms with Crippen molar-refractivity contribution in [1.82, 2.24) is 15.0 Å². The van der Waals surface area contributed by atoms with E-state index in [1.807, 2.05) is 91.4 Å². The average molecular weight is 692 g/mol. The van der Waals surface area contributed by atoms with Gasteiger partial charge in [-0.2, -0.15) is 0 Å². The molecular formula is C39H37N3O9. The van der Waals surface area contributed by atoms with Crippen molar-refractivity contribution in [3.05, 3.63) is 108 Å². The summed E-state index contributed by atoms with van der Waals surface area (Å²) in [6, 6.07) is 23.1. The Bertz CT molecular complexity index is 2200. The molecule has 4 N–H and O–H groups in total. The Hall–Kier alpha value is -5.88. The van der Waals surface area contributed by atoms with Gasteiger partial charge in [-0.25, -0.2) is 4.79 Å². The number of carbonyl (C=O) groups excluding carboxylic acids is 3.